The minimum Gasteiger partial charge on any atom is -0.397 e. The third kappa shape index (κ3) is 3.86. The van der Waals surface area contributed by atoms with Crippen molar-refractivity contribution >= 4 is 23.3 Å². The molecule has 0 saturated heterocycles. The van der Waals surface area contributed by atoms with Crippen molar-refractivity contribution in [3.05, 3.63) is 53.1 Å². The number of aryl methyl sites for hydroxylation is 1. The fourth-order valence-corrected chi connectivity index (χ4v) is 4.19. The summed E-state index contributed by atoms with van der Waals surface area (Å²) in [6, 6.07) is 4.68. The maximum absolute atomic E-state index is 7.84. The second-order valence-electron chi connectivity index (χ2n) is 7.80. The number of aromatic nitrogens is 2. The summed E-state index contributed by atoms with van der Waals surface area (Å²) < 4.78 is 0. The molecule has 0 atom stereocenters. The van der Waals surface area contributed by atoms with Crippen LogP contribution in [0, 0.1) is 12.3 Å². The first kappa shape index (κ1) is 18.5. The van der Waals surface area contributed by atoms with Crippen LogP contribution in [0.25, 0.3) is 5.57 Å². The lowest BCUT2D eigenvalue weighted by molar-refractivity contribution is 0.609. The lowest BCUT2D eigenvalue weighted by Crippen LogP contribution is -2.32. The highest BCUT2D eigenvalue weighted by molar-refractivity contribution is 6.08. The summed E-state index contributed by atoms with van der Waals surface area (Å²) >= 11 is 0. The summed E-state index contributed by atoms with van der Waals surface area (Å²) in [6.45, 7) is 3.72. The molecular weight excluding hydrogens is 348 g/mol. The zero-order valence-electron chi connectivity index (χ0n) is 16.4. The Morgan fingerprint density at radius 2 is 2.07 bits per heavy atom. The third-order valence-electron chi connectivity index (χ3n) is 5.73. The molecule has 2 aliphatic rings. The predicted octanol–water partition coefficient (Wildman–Crippen LogP) is 3.45. The van der Waals surface area contributed by atoms with Gasteiger partial charge in [0, 0.05) is 61.0 Å². The third-order valence-corrected chi connectivity index (χ3v) is 5.73. The highest BCUT2D eigenvalue weighted by Crippen LogP contribution is 2.27. The van der Waals surface area contributed by atoms with E-state index in [0.29, 0.717) is 11.7 Å². The Morgan fingerprint density at radius 1 is 1.25 bits per heavy atom. The first-order valence-corrected chi connectivity index (χ1v) is 10.1. The van der Waals surface area contributed by atoms with Crippen LogP contribution in [0.1, 0.15) is 48.1 Å². The minimum atomic E-state index is 0.538. The van der Waals surface area contributed by atoms with Crippen molar-refractivity contribution in [2.24, 2.45) is 0 Å². The van der Waals surface area contributed by atoms with E-state index < -0.39 is 0 Å². The van der Waals surface area contributed by atoms with Crippen molar-refractivity contribution in [2.75, 3.05) is 17.2 Å². The van der Waals surface area contributed by atoms with Crippen LogP contribution in [0.5, 0.6) is 0 Å². The topological polar surface area (TPSA) is 90.9 Å². The molecule has 0 unspecified atom stereocenters. The number of nitrogens with one attached hydrogen (secondary N) is 2. The zero-order chi connectivity index (χ0) is 19.5. The standard InChI is InChI=1S/C22H28N6/c1-15-8-19(24)13-27-22(15)28-7-6-21-17(14-28)9-16(11-26-21)18(10-23)12-25-20-4-2-3-5-20/h8-13,20,23,25H,2-7,14,24H2,1H3/b18-12+,23-10?. The molecule has 2 aromatic rings. The van der Waals surface area contributed by atoms with E-state index in [9.17, 15) is 0 Å². The van der Waals surface area contributed by atoms with Gasteiger partial charge in [-0.15, -0.1) is 0 Å². The van der Waals surface area contributed by atoms with E-state index in [2.05, 4.69) is 21.3 Å². The van der Waals surface area contributed by atoms with Crippen LogP contribution in [0.2, 0.25) is 0 Å². The normalized spacial score (nSPS) is 17.5. The van der Waals surface area contributed by atoms with Gasteiger partial charge in [0.05, 0.1) is 11.9 Å². The van der Waals surface area contributed by atoms with Crippen molar-refractivity contribution in [1.82, 2.24) is 15.3 Å². The maximum atomic E-state index is 7.84. The molecule has 0 aromatic carbocycles. The molecule has 4 N–H and O–H groups in total. The molecule has 0 amide bonds. The van der Waals surface area contributed by atoms with E-state index in [-0.39, 0.29) is 0 Å². The average molecular weight is 377 g/mol. The first-order valence-electron chi connectivity index (χ1n) is 10.1. The Labute approximate surface area is 166 Å². The minimum absolute atomic E-state index is 0.538. The molecule has 0 bridgehead atoms. The monoisotopic (exact) mass is 376 g/mol. The number of hydrogen-bond acceptors (Lipinski definition) is 6. The molecule has 1 aliphatic carbocycles. The van der Waals surface area contributed by atoms with Gasteiger partial charge in [0.2, 0.25) is 0 Å². The molecule has 2 aromatic heterocycles. The summed E-state index contributed by atoms with van der Waals surface area (Å²) in [5.74, 6) is 0.982. The number of anilines is 2. The second kappa shape index (κ2) is 8.00. The van der Waals surface area contributed by atoms with Gasteiger partial charge in [-0.25, -0.2) is 4.98 Å². The molecule has 146 valence electrons. The van der Waals surface area contributed by atoms with E-state index in [1.807, 2.05) is 25.4 Å². The van der Waals surface area contributed by atoms with Gasteiger partial charge in [0.1, 0.15) is 5.82 Å². The SMILES string of the molecule is Cc1cc(N)cnc1N1CCc2ncc(/C(C=N)=C/NC3CCCC3)cc2C1. The fraction of sp³-hybridized carbons (Fsp3) is 0.409. The van der Waals surface area contributed by atoms with Crippen molar-refractivity contribution in [3.63, 3.8) is 0 Å². The number of allylic oxidation sites excluding steroid dienone is 1. The molecule has 1 fully saturated rings. The van der Waals surface area contributed by atoms with Crippen LogP contribution in [0.3, 0.4) is 0 Å². The molecule has 6 heteroatoms. The molecule has 1 saturated carbocycles. The highest BCUT2D eigenvalue weighted by atomic mass is 15.2. The van der Waals surface area contributed by atoms with Crippen LogP contribution in [-0.2, 0) is 13.0 Å². The fourth-order valence-electron chi connectivity index (χ4n) is 4.19. The average Bonchev–Trinajstić information content (AvgIpc) is 3.21. The summed E-state index contributed by atoms with van der Waals surface area (Å²) in [7, 11) is 0. The summed E-state index contributed by atoms with van der Waals surface area (Å²) in [5.41, 5.74) is 11.8. The number of hydrogen-bond donors (Lipinski definition) is 3. The largest absolute Gasteiger partial charge is 0.397 e. The number of nitrogen functional groups attached to an aromatic ring is 1. The van der Waals surface area contributed by atoms with Crippen molar-refractivity contribution in [1.29, 1.82) is 5.41 Å². The second-order valence-corrected chi connectivity index (χ2v) is 7.80. The molecule has 6 nitrogen and oxygen atoms in total. The highest BCUT2D eigenvalue weighted by Gasteiger charge is 2.21. The molecular formula is C22H28N6. The van der Waals surface area contributed by atoms with Crippen molar-refractivity contribution in [2.45, 2.75) is 51.6 Å². The van der Waals surface area contributed by atoms with E-state index >= 15 is 0 Å². The Hall–Kier alpha value is -2.89. The molecule has 0 radical (unpaired) electrons. The van der Waals surface area contributed by atoms with Crippen LogP contribution >= 0.6 is 0 Å². The van der Waals surface area contributed by atoms with E-state index in [0.717, 1.165) is 47.7 Å². The maximum Gasteiger partial charge on any atom is 0.131 e. The van der Waals surface area contributed by atoms with Crippen molar-refractivity contribution < 1.29 is 0 Å². The Balaban J connectivity index is 1.55. The summed E-state index contributed by atoms with van der Waals surface area (Å²) in [5, 5.41) is 11.3. The van der Waals surface area contributed by atoms with Gasteiger partial charge in [0.15, 0.2) is 0 Å². The van der Waals surface area contributed by atoms with Crippen LogP contribution in [0.15, 0.2) is 30.7 Å². The summed E-state index contributed by atoms with van der Waals surface area (Å²) in [4.78, 5) is 11.5. The van der Waals surface area contributed by atoms with Gasteiger partial charge in [0.25, 0.3) is 0 Å². The first-order chi connectivity index (χ1) is 13.6. The predicted molar refractivity (Wildman–Crippen MR) is 115 cm³/mol. The number of rotatable bonds is 5. The lowest BCUT2D eigenvalue weighted by Gasteiger charge is -2.30. The van der Waals surface area contributed by atoms with Crippen LogP contribution in [-0.4, -0.2) is 28.8 Å². The van der Waals surface area contributed by atoms with Gasteiger partial charge >= 0.3 is 0 Å². The van der Waals surface area contributed by atoms with Gasteiger partial charge in [-0.05, 0) is 43.0 Å². The van der Waals surface area contributed by atoms with Gasteiger partial charge in [-0.3, -0.25) is 4.98 Å². The van der Waals surface area contributed by atoms with Gasteiger partial charge < -0.3 is 21.4 Å². The van der Waals surface area contributed by atoms with Crippen LogP contribution in [0.4, 0.5) is 11.5 Å². The van der Waals surface area contributed by atoms with Gasteiger partial charge in [-0.2, -0.15) is 0 Å². The Bertz CT molecular complexity index is 898. The van der Waals surface area contributed by atoms with E-state index in [1.54, 1.807) is 6.20 Å². The van der Waals surface area contributed by atoms with E-state index in [1.165, 1.54) is 37.5 Å². The van der Waals surface area contributed by atoms with Crippen molar-refractivity contribution in [3.8, 4) is 0 Å². The van der Waals surface area contributed by atoms with Gasteiger partial charge in [-0.1, -0.05) is 12.8 Å². The number of pyridine rings is 2. The summed E-state index contributed by atoms with van der Waals surface area (Å²) in [6.07, 6.45) is 12.9. The molecule has 0 spiro atoms. The Kier molecular flexibility index (Phi) is 5.28. The quantitative estimate of drug-likeness (QED) is 0.695. The molecule has 1 aliphatic heterocycles. The molecule has 3 heterocycles. The molecule has 28 heavy (non-hydrogen) atoms. The van der Waals surface area contributed by atoms with E-state index in [4.69, 9.17) is 16.1 Å². The van der Waals surface area contributed by atoms with Crippen LogP contribution < -0.4 is 16.0 Å². The Morgan fingerprint density at radius 3 is 2.82 bits per heavy atom. The lowest BCUT2D eigenvalue weighted by atomic mass is 10.0. The molecule has 4 rings (SSSR count). The number of nitrogens with two attached hydrogens (primary N) is 1. The number of nitrogens with zero attached hydrogens (tertiary/aromatic N) is 3. The number of fused-ring (bicyclic) bond motifs is 1. The zero-order valence-corrected chi connectivity index (χ0v) is 16.4. The smallest absolute Gasteiger partial charge is 0.131 e.